The number of rotatable bonds is 5. The number of carbonyl (C=O) groups is 2. The first kappa shape index (κ1) is 17.8. The first-order valence-corrected chi connectivity index (χ1v) is 8.68. The number of anilines is 1. The first-order valence-electron chi connectivity index (χ1n) is 8.68. The molecule has 0 saturated heterocycles. The monoisotopic (exact) mass is 354 g/mol. The van der Waals surface area contributed by atoms with Crippen molar-refractivity contribution in [2.24, 2.45) is 11.7 Å². The van der Waals surface area contributed by atoms with Gasteiger partial charge < -0.3 is 16.6 Å². The van der Waals surface area contributed by atoms with Crippen LogP contribution in [0.15, 0.2) is 30.5 Å². The average Bonchev–Trinajstić information content (AvgIpc) is 2.62. The van der Waals surface area contributed by atoms with Crippen LogP contribution >= 0.6 is 0 Å². The Morgan fingerprint density at radius 2 is 1.77 bits per heavy atom. The number of carboxylic acids is 1. The van der Waals surface area contributed by atoms with Crippen molar-refractivity contribution in [3.63, 3.8) is 0 Å². The van der Waals surface area contributed by atoms with Gasteiger partial charge in [-0.05, 0) is 43.1 Å². The van der Waals surface area contributed by atoms with Crippen LogP contribution in [0.25, 0.3) is 11.3 Å². The summed E-state index contributed by atoms with van der Waals surface area (Å²) in [6.45, 7) is 0. The van der Waals surface area contributed by atoms with Crippen LogP contribution in [0, 0.1) is 5.92 Å². The summed E-state index contributed by atoms with van der Waals surface area (Å²) < 4.78 is 0. The molecule has 0 bridgehead atoms. The fourth-order valence-corrected chi connectivity index (χ4v) is 3.59. The molecule has 3 rings (SSSR count). The number of amides is 1. The molecule has 0 aliphatic heterocycles. The number of aliphatic carboxylic acids is 1. The number of hydrogen-bond acceptors (Lipinski definition) is 5. The Balaban J connectivity index is 1.71. The molecule has 5 N–H and O–H groups in total. The van der Waals surface area contributed by atoms with Gasteiger partial charge in [0.25, 0.3) is 5.91 Å². The average molecular weight is 354 g/mol. The molecule has 0 unspecified atom stereocenters. The minimum atomic E-state index is -0.710. The Hall–Kier alpha value is -2.96. The van der Waals surface area contributed by atoms with Crippen LogP contribution in [0.4, 0.5) is 5.82 Å². The lowest BCUT2D eigenvalue weighted by Crippen LogP contribution is -2.17. The molecule has 1 aliphatic carbocycles. The van der Waals surface area contributed by atoms with E-state index >= 15 is 0 Å². The highest BCUT2D eigenvalue weighted by Gasteiger charge is 2.24. The van der Waals surface area contributed by atoms with Gasteiger partial charge in [0.15, 0.2) is 11.5 Å². The minimum absolute atomic E-state index is 0.0241. The number of carboxylic acid groups (broad SMARTS) is 1. The van der Waals surface area contributed by atoms with E-state index in [0.29, 0.717) is 17.5 Å². The van der Waals surface area contributed by atoms with Gasteiger partial charge in [0.1, 0.15) is 0 Å². The molecule has 1 aliphatic rings. The molecule has 2 aromatic rings. The lowest BCUT2D eigenvalue weighted by atomic mass is 9.77. The Bertz CT molecular complexity index is 812. The molecule has 26 heavy (non-hydrogen) atoms. The molecule has 0 spiro atoms. The van der Waals surface area contributed by atoms with Crippen molar-refractivity contribution in [3.8, 4) is 11.3 Å². The molecule has 0 atom stereocenters. The molecule has 1 aromatic carbocycles. The second kappa shape index (κ2) is 7.51. The molecule has 1 amide bonds. The van der Waals surface area contributed by atoms with Gasteiger partial charge in [-0.15, -0.1) is 0 Å². The van der Waals surface area contributed by atoms with Gasteiger partial charge in [0.05, 0.1) is 11.9 Å². The summed E-state index contributed by atoms with van der Waals surface area (Å²) in [6.07, 6.45) is 5.70. The summed E-state index contributed by atoms with van der Waals surface area (Å²) in [7, 11) is 0. The molecule has 0 radical (unpaired) electrons. The highest BCUT2D eigenvalue weighted by Crippen LogP contribution is 2.37. The number of primary amides is 1. The van der Waals surface area contributed by atoms with Crippen LogP contribution in [-0.4, -0.2) is 27.0 Å². The largest absolute Gasteiger partial charge is 0.481 e. The van der Waals surface area contributed by atoms with Crippen molar-refractivity contribution >= 4 is 17.7 Å². The lowest BCUT2D eigenvalue weighted by molar-refractivity contribution is -0.138. The van der Waals surface area contributed by atoms with Crippen molar-refractivity contribution < 1.29 is 14.7 Å². The first-order chi connectivity index (χ1) is 12.4. The van der Waals surface area contributed by atoms with Crippen LogP contribution < -0.4 is 11.5 Å². The summed E-state index contributed by atoms with van der Waals surface area (Å²) in [5, 5.41) is 8.91. The lowest BCUT2D eigenvalue weighted by Gasteiger charge is -2.28. The molecular weight excluding hydrogens is 332 g/mol. The number of carbonyl (C=O) groups excluding carboxylic acids is 1. The predicted octanol–water partition coefficient (Wildman–Crippen LogP) is 2.57. The van der Waals surface area contributed by atoms with Gasteiger partial charge in [-0.1, -0.05) is 24.3 Å². The Labute approximate surface area is 151 Å². The fourth-order valence-electron chi connectivity index (χ4n) is 3.59. The molecule has 1 aromatic heterocycles. The number of nitrogens with zero attached hydrogens (tertiary/aromatic N) is 2. The number of aromatic nitrogens is 2. The zero-order valence-corrected chi connectivity index (χ0v) is 14.4. The number of nitrogens with two attached hydrogens (primary N) is 2. The third kappa shape index (κ3) is 3.99. The van der Waals surface area contributed by atoms with E-state index in [4.69, 9.17) is 16.6 Å². The normalized spacial score (nSPS) is 19.8. The minimum Gasteiger partial charge on any atom is -0.481 e. The van der Waals surface area contributed by atoms with Gasteiger partial charge in [0.2, 0.25) is 0 Å². The zero-order chi connectivity index (χ0) is 18.7. The van der Waals surface area contributed by atoms with Gasteiger partial charge in [-0.25, -0.2) is 9.97 Å². The van der Waals surface area contributed by atoms with Crippen molar-refractivity contribution in [2.45, 2.75) is 38.0 Å². The summed E-state index contributed by atoms with van der Waals surface area (Å²) >= 11 is 0. The third-order valence-corrected chi connectivity index (χ3v) is 5.02. The van der Waals surface area contributed by atoms with E-state index < -0.39 is 11.9 Å². The number of hydrogen-bond donors (Lipinski definition) is 3. The van der Waals surface area contributed by atoms with E-state index in [-0.39, 0.29) is 17.9 Å². The zero-order valence-electron chi connectivity index (χ0n) is 14.4. The van der Waals surface area contributed by atoms with E-state index in [1.54, 1.807) is 0 Å². The molecule has 7 heteroatoms. The number of nitrogen functional groups attached to an aromatic ring is 1. The van der Waals surface area contributed by atoms with Gasteiger partial charge in [-0.2, -0.15) is 0 Å². The van der Waals surface area contributed by atoms with Crippen molar-refractivity contribution in [2.75, 3.05) is 5.73 Å². The van der Waals surface area contributed by atoms with Crippen molar-refractivity contribution in [1.82, 2.24) is 9.97 Å². The molecule has 1 heterocycles. The van der Waals surface area contributed by atoms with Crippen LogP contribution in [0.5, 0.6) is 0 Å². The number of benzene rings is 1. The van der Waals surface area contributed by atoms with Crippen molar-refractivity contribution in [1.29, 1.82) is 0 Å². The molecular formula is C19H22N4O3. The smallest absolute Gasteiger partial charge is 0.303 e. The summed E-state index contributed by atoms with van der Waals surface area (Å²) in [5.74, 6) is -0.645. The summed E-state index contributed by atoms with van der Waals surface area (Å²) in [6, 6.07) is 8.01. The Kier molecular flexibility index (Phi) is 5.16. The maximum atomic E-state index is 11.4. The maximum absolute atomic E-state index is 11.4. The molecule has 1 fully saturated rings. The van der Waals surface area contributed by atoms with Gasteiger partial charge in [-0.3, -0.25) is 9.59 Å². The summed E-state index contributed by atoms with van der Waals surface area (Å²) in [5.41, 5.74) is 13.5. The molecule has 1 saturated carbocycles. The van der Waals surface area contributed by atoms with E-state index in [9.17, 15) is 9.59 Å². The van der Waals surface area contributed by atoms with E-state index in [1.807, 2.05) is 12.1 Å². The highest BCUT2D eigenvalue weighted by atomic mass is 16.4. The second-order valence-corrected chi connectivity index (χ2v) is 6.79. The highest BCUT2D eigenvalue weighted by molar-refractivity contribution is 5.95. The van der Waals surface area contributed by atoms with Gasteiger partial charge in [0, 0.05) is 12.0 Å². The van der Waals surface area contributed by atoms with E-state index in [0.717, 1.165) is 31.2 Å². The Morgan fingerprint density at radius 3 is 2.35 bits per heavy atom. The predicted molar refractivity (Wildman–Crippen MR) is 97.4 cm³/mol. The van der Waals surface area contributed by atoms with Crippen LogP contribution in [0.2, 0.25) is 0 Å². The van der Waals surface area contributed by atoms with E-state index in [2.05, 4.69) is 22.1 Å². The molecule has 7 nitrogen and oxygen atoms in total. The summed E-state index contributed by atoms with van der Waals surface area (Å²) in [4.78, 5) is 30.4. The van der Waals surface area contributed by atoms with Crippen molar-refractivity contribution in [3.05, 3.63) is 41.7 Å². The third-order valence-electron chi connectivity index (χ3n) is 5.02. The van der Waals surface area contributed by atoms with Crippen LogP contribution in [-0.2, 0) is 4.79 Å². The second-order valence-electron chi connectivity index (χ2n) is 6.79. The van der Waals surface area contributed by atoms with Crippen LogP contribution in [0.1, 0.15) is 54.1 Å². The quantitative estimate of drug-likeness (QED) is 0.756. The van der Waals surface area contributed by atoms with Gasteiger partial charge >= 0.3 is 5.97 Å². The topological polar surface area (TPSA) is 132 Å². The van der Waals surface area contributed by atoms with Crippen LogP contribution in [0.3, 0.4) is 0 Å². The maximum Gasteiger partial charge on any atom is 0.303 e. The Morgan fingerprint density at radius 1 is 1.12 bits per heavy atom. The fraction of sp³-hybridized carbons (Fsp3) is 0.368. The van der Waals surface area contributed by atoms with E-state index in [1.165, 1.54) is 11.8 Å². The SMILES string of the molecule is NC(=O)c1nc(-c2ccc([C@H]3CC[C@H](CC(=O)O)CC3)cc2)cnc1N. The molecule has 136 valence electrons. The standard InChI is InChI=1S/C19H22N4O3/c20-18-17(19(21)26)23-15(10-22-18)14-7-5-13(6-8-14)12-3-1-11(2-4-12)9-16(24)25/h5-8,10-12H,1-4,9H2,(H2,20,22)(H2,21,26)(H,24,25)/t11-,12-.